The minimum absolute atomic E-state index is 0.133. The monoisotopic (exact) mass is 352 g/mol. The van der Waals surface area contributed by atoms with Crippen molar-refractivity contribution in [1.82, 2.24) is 0 Å². The van der Waals surface area contributed by atoms with Gasteiger partial charge in [-0.1, -0.05) is 30.3 Å². The average molecular weight is 352 g/mol. The number of hydrogen-bond donors (Lipinski definition) is 0. The number of halogens is 1. The van der Waals surface area contributed by atoms with Crippen molar-refractivity contribution in [2.24, 2.45) is 0 Å². The third-order valence-corrected chi connectivity index (χ3v) is 3.61. The predicted molar refractivity (Wildman–Crippen MR) is 80.2 cm³/mol. The van der Waals surface area contributed by atoms with Gasteiger partial charge in [0.25, 0.3) is 0 Å². The fourth-order valence-electron chi connectivity index (χ4n) is 1.75. The molecule has 0 aliphatic heterocycles. The Bertz CT molecular complexity index is 564. The Morgan fingerprint density at radius 3 is 2.67 bits per heavy atom. The Morgan fingerprint density at radius 2 is 1.94 bits per heavy atom. The summed E-state index contributed by atoms with van der Waals surface area (Å²) in [6.45, 7) is 0. The Hall–Kier alpha value is -1.36. The number of benzene rings is 2. The molecule has 0 radical (unpaired) electrons. The van der Waals surface area contributed by atoms with E-state index in [0.29, 0.717) is 6.42 Å². The summed E-state index contributed by atoms with van der Waals surface area (Å²) < 4.78 is 6.14. The summed E-state index contributed by atoms with van der Waals surface area (Å²) in [5.41, 5.74) is 1.75. The van der Waals surface area contributed by atoms with E-state index in [1.165, 1.54) is 0 Å². The van der Waals surface area contributed by atoms with Crippen LogP contribution in [0.5, 0.6) is 5.75 Å². The van der Waals surface area contributed by atoms with Crippen LogP contribution in [0.4, 0.5) is 0 Å². The lowest BCUT2D eigenvalue weighted by molar-refractivity contribution is 0.0992. The van der Waals surface area contributed by atoms with Gasteiger partial charge in [0.1, 0.15) is 5.75 Å². The van der Waals surface area contributed by atoms with Crippen molar-refractivity contribution >= 4 is 28.4 Å². The molecule has 18 heavy (non-hydrogen) atoms. The Balaban J connectivity index is 2.19. The van der Waals surface area contributed by atoms with Crippen LogP contribution in [0.1, 0.15) is 15.9 Å². The van der Waals surface area contributed by atoms with Gasteiger partial charge in [0.2, 0.25) is 0 Å². The van der Waals surface area contributed by atoms with Crippen molar-refractivity contribution in [3.05, 3.63) is 63.2 Å². The summed E-state index contributed by atoms with van der Waals surface area (Å²) in [4.78, 5) is 12.2. The molecule has 0 heterocycles. The van der Waals surface area contributed by atoms with E-state index in [1.807, 2.05) is 48.5 Å². The number of rotatable bonds is 4. The van der Waals surface area contributed by atoms with Gasteiger partial charge in [0.05, 0.1) is 7.11 Å². The number of Topliss-reactive ketones (excluding diaryl/α,β-unsaturated/α-hetero) is 1. The molecule has 0 amide bonds. The molecule has 3 heteroatoms. The second-order valence-corrected chi connectivity index (χ2v) is 5.09. The molecule has 2 aromatic rings. The number of hydrogen-bond acceptors (Lipinski definition) is 2. The molecule has 0 spiro atoms. The molecule has 2 rings (SSSR count). The lowest BCUT2D eigenvalue weighted by atomic mass is 10.0. The SMILES string of the molecule is COc1cccc(CC(=O)c2ccccc2I)c1. The van der Waals surface area contributed by atoms with Crippen LogP contribution in [-0.4, -0.2) is 12.9 Å². The zero-order valence-electron chi connectivity index (χ0n) is 10.0. The summed E-state index contributed by atoms with van der Waals surface area (Å²) in [7, 11) is 1.63. The van der Waals surface area contributed by atoms with E-state index < -0.39 is 0 Å². The second-order valence-electron chi connectivity index (χ2n) is 3.93. The molecule has 0 saturated carbocycles. The summed E-state index contributed by atoms with van der Waals surface area (Å²) >= 11 is 2.19. The van der Waals surface area contributed by atoms with Gasteiger partial charge in [-0.3, -0.25) is 4.79 Å². The third-order valence-electron chi connectivity index (χ3n) is 2.67. The van der Waals surface area contributed by atoms with Crippen LogP contribution in [0.2, 0.25) is 0 Å². The van der Waals surface area contributed by atoms with Crippen LogP contribution in [0, 0.1) is 3.57 Å². The van der Waals surface area contributed by atoms with Crippen LogP contribution in [0.25, 0.3) is 0 Å². The maximum Gasteiger partial charge on any atom is 0.168 e. The number of ketones is 1. The molecule has 0 fully saturated rings. The van der Waals surface area contributed by atoms with Crippen molar-refractivity contribution in [2.45, 2.75) is 6.42 Å². The first-order valence-electron chi connectivity index (χ1n) is 5.61. The first-order chi connectivity index (χ1) is 8.70. The van der Waals surface area contributed by atoms with Gasteiger partial charge in [-0.25, -0.2) is 0 Å². The zero-order chi connectivity index (χ0) is 13.0. The molecule has 92 valence electrons. The van der Waals surface area contributed by atoms with Gasteiger partial charge in [0.15, 0.2) is 5.78 Å². The molecule has 2 aromatic carbocycles. The van der Waals surface area contributed by atoms with E-state index in [2.05, 4.69) is 22.6 Å². The highest BCUT2D eigenvalue weighted by atomic mass is 127. The molecule has 0 unspecified atom stereocenters. The quantitative estimate of drug-likeness (QED) is 0.619. The molecular formula is C15H13IO2. The number of ether oxygens (including phenoxy) is 1. The molecule has 0 atom stereocenters. The molecule has 0 aliphatic rings. The number of methoxy groups -OCH3 is 1. The van der Waals surface area contributed by atoms with Gasteiger partial charge >= 0.3 is 0 Å². The molecule has 0 aliphatic carbocycles. The van der Waals surface area contributed by atoms with Crippen molar-refractivity contribution in [1.29, 1.82) is 0 Å². The summed E-state index contributed by atoms with van der Waals surface area (Å²) in [5.74, 6) is 0.913. The third kappa shape index (κ3) is 3.10. The molecule has 0 aromatic heterocycles. The van der Waals surface area contributed by atoms with Crippen LogP contribution in [0.3, 0.4) is 0 Å². The van der Waals surface area contributed by atoms with E-state index >= 15 is 0 Å². The highest BCUT2D eigenvalue weighted by Gasteiger charge is 2.10. The minimum Gasteiger partial charge on any atom is -0.497 e. The minimum atomic E-state index is 0.133. The Labute approximate surface area is 120 Å². The van der Waals surface area contributed by atoms with E-state index in [0.717, 1.165) is 20.4 Å². The van der Waals surface area contributed by atoms with E-state index in [-0.39, 0.29) is 5.78 Å². The van der Waals surface area contributed by atoms with Crippen LogP contribution < -0.4 is 4.74 Å². The van der Waals surface area contributed by atoms with E-state index in [4.69, 9.17) is 4.74 Å². The standard InChI is InChI=1S/C15H13IO2/c1-18-12-6-4-5-11(9-12)10-15(17)13-7-2-3-8-14(13)16/h2-9H,10H2,1H3. The molecule has 0 saturated heterocycles. The highest BCUT2D eigenvalue weighted by molar-refractivity contribution is 14.1. The Kier molecular flexibility index (Phi) is 4.36. The molecule has 2 nitrogen and oxygen atoms in total. The lowest BCUT2D eigenvalue weighted by Crippen LogP contribution is -2.05. The zero-order valence-corrected chi connectivity index (χ0v) is 12.2. The number of carbonyl (C=O) groups is 1. The highest BCUT2D eigenvalue weighted by Crippen LogP contribution is 2.17. The number of carbonyl (C=O) groups excluding carboxylic acids is 1. The van der Waals surface area contributed by atoms with Gasteiger partial charge in [-0.2, -0.15) is 0 Å². The van der Waals surface area contributed by atoms with E-state index in [1.54, 1.807) is 7.11 Å². The van der Waals surface area contributed by atoms with Crippen LogP contribution in [0.15, 0.2) is 48.5 Å². The van der Waals surface area contributed by atoms with Crippen LogP contribution in [-0.2, 0) is 6.42 Å². The Morgan fingerprint density at radius 1 is 1.17 bits per heavy atom. The molecule has 0 bridgehead atoms. The van der Waals surface area contributed by atoms with Gasteiger partial charge in [-0.05, 0) is 46.4 Å². The molecule has 0 N–H and O–H groups in total. The fourth-order valence-corrected chi connectivity index (χ4v) is 2.44. The normalized spacial score (nSPS) is 10.1. The van der Waals surface area contributed by atoms with Gasteiger partial charge in [-0.15, -0.1) is 0 Å². The van der Waals surface area contributed by atoms with Crippen molar-refractivity contribution in [2.75, 3.05) is 7.11 Å². The van der Waals surface area contributed by atoms with E-state index in [9.17, 15) is 4.79 Å². The summed E-state index contributed by atoms with van der Waals surface area (Å²) in [6.07, 6.45) is 0.400. The molecular weight excluding hydrogens is 339 g/mol. The largest absolute Gasteiger partial charge is 0.497 e. The topological polar surface area (TPSA) is 26.3 Å². The predicted octanol–water partition coefficient (Wildman–Crippen LogP) is 3.73. The smallest absolute Gasteiger partial charge is 0.168 e. The average Bonchev–Trinajstić information content (AvgIpc) is 2.39. The van der Waals surface area contributed by atoms with Gasteiger partial charge < -0.3 is 4.74 Å². The lowest BCUT2D eigenvalue weighted by Gasteiger charge is -2.05. The first-order valence-corrected chi connectivity index (χ1v) is 6.69. The fraction of sp³-hybridized carbons (Fsp3) is 0.133. The summed E-state index contributed by atoms with van der Waals surface area (Å²) in [5, 5.41) is 0. The maximum atomic E-state index is 12.2. The van der Waals surface area contributed by atoms with Crippen molar-refractivity contribution in [3.8, 4) is 5.75 Å². The first kappa shape index (κ1) is 13.1. The van der Waals surface area contributed by atoms with Crippen molar-refractivity contribution in [3.63, 3.8) is 0 Å². The maximum absolute atomic E-state index is 12.2. The van der Waals surface area contributed by atoms with Crippen molar-refractivity contribution < 1.29 is 9.53 Å². The second kappa shape index (κ2) is 6.00. The summed E-state index contributed by atoms with van der Waals surface area (Å²) in [6, 6.07) is 15.2. The van der Waals surface area contributed by atoms with Crippen LogP contribution >= 0.6 is 22.6 Å². The van der Waals surface area contributed by atoms with Gasteiger partial charge in [0, 0.05) is 15.6 Å².